The normalized spacial score (nSPS) is 15.6. The fraction of sp³-hybridized carbons (Fsp3) is 0.562. The third-order valence-electron chi connectivity index (χ3n) is 2.35. The van der Waals surface area contributed by atoms with Crippen LogP contribution in [0.4, 0.5) is 0 Å². The van der Waals surface area contributed by atoms with Crippen molar-refractivity contribution in [3.05, 3.63) is 43.7 Å². The first-order valence-corrected chi connectivity index (χ1v) is 6.40. The molecular formula is C16H28O. The van der Waals surface area contributed by atoms with Crippen molar-refractivity contribution < 1.29 is 5.11 Å². The molecule has 0 aromatic heterocycles. The summed E-state index contributed by atoms with van der Waals surface area (Å²) in [6.45, 7) is 11.8. The lowest BCUT2D eigenvalue weighted by molar-refractivity contribution is 0.262. The quantitative estimate of drug-likeness (QED) is 0.546. The topological polar surface area (TPSA) is 20.2 Å². The molecule has 0 spiro atoms. The molecule has 1 nitrogen and oxygen atoms in total. The highest BCUT2D eigenvalue weighted by atomic mass is 16.3. The smallest absolute Gasteiger partial charge is 0.0491 e. The van der Waals surface area contributed by atoms with Crippen LogP contribution in [0, 0.1) is 5.92 Å². The van der Waals surface area contributed by atoms with Crippen molar-refractivity contribution in [2.75, 3.05) is 6.61 Å². The zero-order valence-corrected chi connectivity index (χ0v) is 11.3. The highest BCUT2D eigenvalue weighted by Gasteiger charge is 1.90. The van der Waals surface area contributed by atoms with Gasteiger partial charge in [0.25, 0.3) is 0 Å². The Morgan fingerprint density at radius 3 is 1.82 bits per heavy atom. The molecule has 1 N–H and O–H groups in total. The molecule has 98 valence electrons. The molecule has 0 heterocycles. The monoisotopic (exact) mass is 236 g/mol. The van der Waals surface area contributed by atoms with E-state index in [2.05, 4.69) is 37.6 Å². The highest BCUT2D eigenvalue weighted by Crippen LogP contribution is 2.09. The second-order valence-corrected chi connectivity index (χ2v) is 4.11. The van der Waals surface area contributed by atoms with Gasteiger partial charge in [0.05, 0.1) is 0 Å². The van der Waals surface area contributed by atoms with Gasteiger partial charge in [-0.25, -0.2) is 0 Å². The molecule has 1 rings (SSSR count). The number of aliphatic hydroxyl groups is 1. The van der Waals surface area contributed by atoms with Crippen molar-refractivity contribution >= 4 is 0 Å². The van der Waals surface area contributed by atoms with Gasteiger partial charge >= 0.3 is 0 Å². The molecule has 0 aromatic carbocycles. The van der Waals surface area contributed by atoms with Crippen LogP contribution in [0.15, 0.2) is 43.7 Å². The Bertz CT molecular complexity index is 200. The second kappa shape index (κ2) is 17.4. The van der Waals surface area contributed by atoms with E-state index in [-0.39, 0.29) is 12.5 Å². The van der Waals surface area contributed by atoms with E-state index in [0.717, 1.165) is 0 Å². The second-order valence-electron chi connectivity index (χ2n) is 4.11. The van der Waals surface area contributed by atoms with E-state index in [1.54, 1.807) is 6.08 Å². The van der Waals surface area contributed by atoms with Gasteiger partial charge in [-0.2, -0.15) is 0 Å². The van der Waals surface area contributed by atoms with Crippen LogP contribution in [-0.4, -0.2) is 11.7 Å². The third kappa shape index (κ3) is 20.9. The van der Waals surface area contributed by atoms with E-state index in [1.165, 1.54) is 38.5 Å². The molecule has 1 unspecified atom stereocenters. The van der Waals surface area contributed by atoms with Crippen LogP contribution >= 0.6 is 0 Å². The summed E-state index contributed by atoms with van der Waals surface area (Å²) in [7, 11) is 0. The standard InChI is InChI=1S/C8H14.C5H10O.C3H4/c1-2-4-6-8-7-5-3-1;1-3-5(2)4-6;1-3-2/h1-2H,3-8H2;3,5-6H,1,4H2,2H3;1-2H2. The van der Waals surface area contributed by atoms with E-state index < -0.39 is 0 Å². The van der Waals surface area contributed by atoms with Gasteiger partial charge in [-0.05, 0) is 31.6 Å². The lowest BCUT2D eigenvalue weighted by Crippen LogP contribution is -1.93. The van der Waals surface area contributed by atoms with Crippen LogP contribution < -0.4 is 0 Å². The Balaban J connectivity index is 0. The summed E-state index contributed by atoms with van der Waals surface area (Å²) < 4.78 is 0. The first kappa shape index (κ1) is 18.3. The van der Waals surface area contributed by atoms with Gasteiger partial charge in [-0.3, -0.25) is 0 Å². The van der Waals surface area contributed by atoms with Crippen LogP contribution in [0.5, 0.6) is 0 Å². The van der Waals surface area contributed by atoms with Crippen molar-refractivity contribution in [2.45, 2.75) is 45.4 Å². The molecule has 1 aliphatic carbocycles. The summed E-state index contributed by atoms with van der Waals surface area (Å²) in [5.41, 5.74) is 2.25. The fourth-order valence-electron chi connectivity index (χ4n) is 1.19. The molecule has 0 radical (unpaired) electrons. The van der Waals surface area contributed by atoms with Crippen molar-refractivity contribution in [2.24, 2.45) is 5.92 Å². The summed E-state index contributed by atoms with van der Waals surface area (Å²) in [5.74, 6) is 0.255. The molecular weight excluding hydrogens is 208 g/mol. The van der Waals surface area contributed by atoms with Crippen LogP contribution in [0.25, 0.3) is 0 Å². The fourth-order valence-corrected chi connectivity index (χ4v) is 1.19. The summed E-state index contributed by atoms with van der Waals surface area (Å²) in [4.78, 5) is 0. The number of hydrogen-bond donors (Lipinski definition) is 1. The van der Waals surface area contributed by atoms with Gasteiger partial charge < -0.3 is 5.11 Å². The largest absolute Gasteiger partial charge is 0.396 e. The molecule has 0 saturated heterocycles. The number of rotatable bonds is 2. The maximum Gasteiger partial charge on any atom is 0.0491 e. The zero-order valence-electron chi connectivity index (χ0n) is 11.3. The van der Waals surface area contributed by atoms with E-state index in [9.17, 15) is 0 Å². The molecule has 1 heteroatoms. The maximum atomic E-state index is 8.26. The molecule has 1 atom stereocenters. The van der Waals surface area contributed by atoms with Crippen molar-refractivity contribution in [3.8, 4) is 0 Å². The average Bonchev–Trinajstić information content (AvgIpc) is 2.29. The SMILES string of the molecule is C1=CCCCCCC1.C=C=C.C=CC(C)CO. The van der Waals surface area contributed by atoms with E-state index in [4.69, 9.17) is 5.11 Å². The number of hydrogen-bond acceptors (Lipinski definition) is 1. The Morgan fingerprint density at radius 1 is 1.18 bits per heavy atom. The third-order valence-corrected chi connectivity index (χ3v) is 2.35. The minimum atomic E-state index is 0.212. The van der Waals surface area contributed by atoms with Crippen LogP contribution in [0.1, 0.15) is 45.4 Å². The van der Waals surface area contributed by atoms with Crippen LogP contribution in [0.3, 0.4) is 0 Å². The van der Waals surface area contributed by atoms with E-state index in [1.807, 2.05) is 6.92 Å². The molecule has 1 aliphatic rings. The van der Waals surface area contributed by atoms with E-state index >= 15 is 0 Å². The predicted octanol–water partition coefficient (Wildman–Crippen LogP) is 4.65. The Morgan fingerprint density at radius 2 is 1.59 bits per heavy atom. The molecule has 0 aliphatic heterocycles. The summed E-state index contributed by atoms with van der Waals surface area (Å²) >= 11 is 0. The lowest BCUT2D eigenvalue weighted by atomic mass is 10.1. The van der Waals surface area contributed by atoms with Gasteiger partial charge in [-0.15, -0.1) is 12.3 Å². The summed E-state index contributed by atoms with van der Waals surface area (Å²) in [6, 6.07) is 0. The van der Waals surface area contributed by atoms with Crippen molar-refractivity contribution in [1.82, 2.24) is 0 Å². The van der Waals surface area contributed by atoms with Crippen LogP contribution in [0.2, 0.25) is 0 Å². The molecule has 0 fully saturated rings. The zero-order chi connectivity index (χ0) is 13.4. The first-order chi connectivity index (χ1) is 8.22. The Labute approximate surface area is 107 Å². The summed E-state index contributed by atoms with van der Waals surface area (Å²) in [6.07, 6.45) is 14.7. The van der Waals surface area contributed by atoms with Crippen molar-refractivity contribution in [1.29, 1.82) is 0 Å². The molecule has 0 amide bonds. The molecule has 0 bridgehead atoms. The minimum Gasteiger partial charge on any atom is -0.396 e. The lowest BCUT2D eigenvalue weighted by Gasteiger charge is -2.00. The molecule has 0 aromatic rings. The van der Waals surface area contributed by atoms with Gasteiger partial charge in [0.1, 0.15) is 0 Å². The van der Waals surface area contributed by atoms with Gasteiger partial charge in [0, 0.05) is 6.61 Å². The number of allylic oxidation sites excluding steroid dienone is 2. The first-order valence-electron chi connectivity index (χ1n) is 6.40. The summed E-state index contributed by atoms with van der Waals surface area (Å²) in [5, 5.41) is 8.26. The highest BCUT2D eigenvalue weighted by molar-refractivity contribution is 4.82. The van der Waals surface area contributed by atoms with Gasteiger partial charge in [0.2, 0.25) is 0 Å². The van der Waals surface area contributed by atoms with Crippen LogP contribution in [-0.2, 0) is 0 Å². The van der Waals surface area contributed by atoms with Gasteiger partial charge in [-0.1, -0.05) is 51.2 Å². The molecule has 17 heavy (non-hydrogen) atoms. The Hall–Kier alpha value is -1.04. The van der Waals surface area contributed by atoms with E-state index in [0.29, 0.717) is 0 Å². The number of aliphatic hydroxyl groups excluding tert-OH is 1. The Kier molecular flexibility index (Phi) is 18.7. The minimum absolute atomic E-state index is 0.212. The molecule has 0 saturated carbocycles. The van der Waals surface area contributed by atoms with Gasteiger partial charge in [0.15, 0.2) is 0 Å². The predicted molar refractivity (Wildman–Crippen MR) is 78.1 cm³/mol. The average molecular weight is 236 g/mol. The van der Waals surface area contributed by atoms with Crippen molar-refractivity contribution in [3.63, 3.8) is 0 Å². The maximum absolute atomic E-state index is 8.26.